The predicted octanol–water partition coefficient (Wildman–Crippen LogP) is 1.31. The molecule has 0 fully saturated rings. The molecule has 2 aromatic heterocycles. The second-order valence-electron chi connectivity index (χ2n) is 4.63. The molecule has 0 aliphatic carbocycles. The van der Waals surface area contributed by atoms with Crippen molar-refractivity contribution in [2.45, 2.75) is 39.3 Å². The van der Waals surface area contributed by atoms with Crippen LogP contribution in [0.25, 0.3) is 0 Å². The Morgan fingerprint density at radius 3 is 2.84 bits per heavy atom. The topological polar surface area (TPSA) is 60.6 Å². The Balaban J connectivity index is 2.17. The largest absolute Gasteiger partial charge is 0.336 e. The van der Waals surface area contributed by atoms with Gasteiger partial charge in [0.1, 0.15) is 12.2 Å². The average Bonchev–Trinajstić information content (AvgIpc) is 3.03. The highest BCUT2D eigenvalue weighted by atomic mass is 15.3. The third kappa shape index (κ3) is 3.20. The van der Waals surface area contributed by atoms with Crippen LogP contribution in [0.3, 0.4) is 0 Å². The number of hydrogen-bond donors (Lipinski definition) is 1. The maximum Gasteiger partial charge on any atom is 0.138 e. The van der Waals surface area contributed by atoms with Gasteiger partial charge in [-0.2, -0.15) is 5.10 Å². The minimum Gasteiger partial charge on any atom is -0.336 e. The van der Waals surface area contributed by atoms with E-state index in [1.165, 1.54) is 5.69 Å². The Morgan fingerprint density at radius 1 is 1.37 bits per heavy atom. The van der Waals surface area contributed by atoms with Crippen LogP contribution in [0.2, 0.25) is 0 Å². The zero-order valence-electron chi connectivity index (χ0n) is 11.9. The molecule has 104 valence electrons. The second kappa shape index (κ2) is 6.47. The van der Waals surface area contributed by atoms with Crippen molar-refractivity contribution in [2.24, 2.45) is 7.05 Å². The third-order valence-corrected chi connectivity index (χ3v) is 3.23. The Morgan fingerprint density at radius 2 is 2.21 bits per heavy atom. The van der Waals surface area contributed by atoms with Crippen LogP contribution in [0.15, 0.2) is 18.9 Å². The number of aryl methyl sites for hydroxylation is 2. The molecule has 0 amide bonds. The van der Waals surface area contributed by atoms with E-state index in [0.717, 1.165) is 31.8 Å². The van der Waals surface area contributed by atoms with E-state index >= 15 is 0 Å². The third-order valence-electron chi connectivity index (χ3n) is 3.23. The molecule has 2 aromatic rings. The van der Waals surface area contributed by atoms with E-state index in [2.05, 4.69) is 38.8 Å². The molecular weight excluding hydrogens is 240 g/mol. The summed E-state index contributed by atoms with van der Waals surface area (Å²) in [5.74, 6) is 1.01. The lowest BCUT2D eigenvalue weighted by Crippen LogP contribution is -2.27. The van der Waals surface area contributed by atoms with Gasteiger partial charge >= 0.3 is 0 Å². The minimum atomic E-state index is 0.224. The Labute approximate surface area is 113 Å². The summed E-state index contributed by atoms with van der Waals surface area (Å²) in [6.45, 7) is 6.08. The maximum atomic E-state index is 4.36. The van der Waals surface area contributed by atoms with E-state index in [9.17, 15) is 0 Å². The normalized spacial score (nSPS) is 12.8. The first-order valence-corrected chi connectivity index (χ1v) is 6.82. The number of imidazole rings is 1. The highest BCUT2D eigenvalue weighted by Crippen LogP contribution is 2.16. The lowest BCUT2D eigenvalue weighted by atomic mass is 10.1. The fourth-order valence-corrected chi connectivity index (χ4v) is 2.20. The zero-order valence-corrected chi connectivity index (χ0v) is 11.9. The smallest absolute Gasteiger partial charge is 0.138 e. The van der Waals surface area contributed by atoms with Gasteiger partial charge in [-0.1, -0.05) is 6.92 Å². The first-order chi connectivity index (χ1) is 9.26. The van der Waals surface area contributed by atoms with Gasteiger partial charge in [0.2, 0.25) is 0 Å². The molecular formula is C13H22N6. The summed E-state index contributed by atoms with van der Waals surface area (Å²) in [6, 6.07) is 0.224. The first kappa shape index (κ1) is 13.7. The molecule has 1 N–H and O–H groups in total. The number of aromatic nitrogens is 5. The first-order valence-electron chi connectivity index (χ1n) is 6.82. The van der Waals surface area contributed by atoms with Crippen molar-refractivity contribution in [3.8, 4) is 0 Å². The van der Waals surface area contributed by atoms with E-state index in [0.29, 0.717) is 0 Å². The second-order valence-corrected chi connectivity index (χ2v) is 4.63. The van der Waals surface area contributed by atoms with Gasteiger partial charge in [-0.05, 0) is 19.9 Å². The molecule has 0 aliphatic rings. The van der Waals surface area contributed by atoms with Crippen LogP contribution in [0.4, 0.5) is 0 Å². The Bertz CT molecular complexity index is 501. The molecule has 0 radical (unpaired) electrons. The summed E-state index contributed by atoms with van der Waals surface area (Å²) in [6.07, 6.45) is 7.31. The van der Waals surface area contributed by atoms with Crippen LogP contribution >= 0.6 is 0 Å². The van der Waals surface area contributed by atoms with Gasteiger partial charge in [-0.3, -0.25) is 4.68 Å². The lowest BCUT2D eigenvalue weighted by molar-refractivity contribution is 0.477. The molecule has 0 aliphatic heterocycles. The molecule has 6 nitrogen and oxygen atoms in total. The van der Waals surface area contributed by atoms with Gasteiger partial charge in [0.15, 0.2) is 0 Å². The van der Waals surface area contributed by atoms with Gasteiger partial charge < -0.3 is 9.88 Å². The standard InChI is InChI=1S/C13H22N6/c1-4-6-15-11(12-8-14-10-18(12)3)7-13-16-9-17-19(13)5-2/h8-11,15H,4-7H2,1-3H3. The van der Waals surface area contributed by atoms with Crippen LogP contribution in [0.1, 0.15) is 37.8 Å². The molecule has 0 saturated heterocycles. The molecule has 0 saturated carbocycles. The van der Waals surface area contributed by atoms with Crippen molar-refractivity contribution in [3.63, 3.8) is 0 Å². The number of hydrogen-bond acceptors (Lipinski definition) is 4. The summed E-state index contributed by atoms with van der Waals surface area (Å²) in [7, 11) is 2.02. The summed E-state index contributed by atoms with van der Waals surface area (Å²) in [5.41, 5.74) is 1.18. The molecule has 0 spiro atoms. The highest BCUT2D eigenvalue weighted by Gasteiger charge is 2.17. The van der Waals surface area contributed by atoms with Crippen molar-refractivity contribution in [3.05, 3.63) is 30.4 Å². The predicted molar refractivity (Wildman–Crippen MR) is 73.6 cm³/mol. The number of nitrogens with zero attached hydrogens (tertiary/aromatic N) is 5. The minimum absolute atomic E-state index is 0.224. The molecule has 1 atom stereocenters. The molecule has 1 unspecified atom stereocenters. The van der Waals surface area contributed by atoms with Crippen LogP contribution in [-0.2, 0) is 20.0 Å². The quantitative estimate of drug-likeness (QED) is 0.817. The van der Waals surface area contributed by atoms with Crippen molar-refractivity contribution in [1.82, 2.24) is 29.6 Å². The van der Waals surface area contributed by atoms with Gasteiger partial charge in [-0.25, -0.2) is 9.97 Å². The Kier molecular flexibility index (Phi) is 4.68. The number of nitrogens with one attached hydrogen (secondary N) is 1. The fourth-order valence-electron chi connectivity index (χ4n) is 2.20. The molecule has 2 heterocycles. The van der Waals surface area contributed by atoms with Crippen molar-refractivity contribution >= 4 is 0 Å². The highest BCUT2D eigenvalue weighted by molar-refractivity contribution is 5.08. The van der Waals surface area contributed by atoms with Crippen LogP contribution in [-0.4, -0.2) is 30.9 Å². The Hall–Kier alpha value is -1.69. The van der Waals surface area contributed by atoms with E-state index < -0.39 is 0 Å². The summed E-state index contributed by atoms with van der Waals surface area (Å²) < 4.78 is 4.00. The van der Waals surface area contributed by atoms with E-state index in [1.54, 1.807) is 6.33 Å². The van der Waals surface area contributed by atoms with Crippen LogP contribution in [0, 0.1) is 0 Å². The zero-order chi connectivity index (χ0) is 13.7. The molecule has 6 heteroatoms. The molecule has 0 aromatic carbocycles. The van der Waals surface area contributed by atoms with Crippen molar-refractivity contribution in [1.29, 1.82) is 0 Å². The van der Waals surface area contributed by atoms with Crippen LogP contribution in [0.5, 0.6) is 0 Å². The summed E-state index contributed by atoms with van der Waals surface area (Å²) in [4.78, 5) is 8.56. The van der Waals surface area contributed by atoms with Gasteiger partial charge in [-0.15, -0.1) is 0 Å². The molecule has 0 bridgehead atoms. The van der Waals surface area contributed by atoms with Gasteiger partial charge in [0, 0.05) is 26.2 Å². The van der Waals surface area contributed by atoms with E-state index in [4.69, 9.17) is 0 Å². The summed E-state index contributed by atoms with van der Waals surface area (Å²) in [5, 5.41) is 7.79. The maximum absolute atomic E-state index is 4.36. The monoisotopic (exact) mass is 262 g/mol. The lowest BCUT2D eigenvalue weighted by Gasteiger charge is -2.18. The van der Waals surface area contributed by atoms with Crippen molar-refractivity contribution in [2.75, 3.05) is 6.54 Å². The van der Waals surface area contributed by atoms with E-state index in [-0.39, 0.29) is 6.04 Å². The fraction of sp³-hybridized carbons (Fsp3) is 0.615. The van der Waals surface area contributed by atoms with Gasteiger partial charge in [0.05, 0.1) is 18.1 Å². The van der Waals surface area contributed by atoms with E-state index in [1.807, 2.05) is 24.3 Å². The summed E-state index contributed by atoms with van der Waals surface area (Å²) >= 11 is 0. The van der Waals surface area contributed by atoms with Crippen molar-refractivity contribution < 1.29 is 0 Å². The number of rotatable bonds is 7. The SMILES string of the molecule is CCCNC(Cc1ncnn1CC)c1cncn1C. The molecule has 2 rings (SSSR count). The average molecular weight is 262 g/mol. The molecule has 19 heavy (non-hydrogen) atoms. The van der Waals surface area contributed by atoms with Crippen LogP contribution < -0.4 is 5.32 Å². The van der Waals surface area contributed by atoms with Gasteiger partial charge in [0.25, 0.3) is 0 Å².